The third-order valence-electron chi connectivity index (χ3n) is 6.91. The fraction of sp³-hybridized carbons (Fsp3) is 0.520. The Balaban J connectivity index is 1.60. The van der Waals surface area contributed by atoms with Crippen molar-refractivity contribution in [3.05, 3.63) is 63.1 Å². The Morgan fingerprint density at radius 1 is 1.03 bits per heavy atom. The Morgan fingerprint density at radius 3 is 2.38 bits per heavy atom. The lowest BCUT2D eigenvalue weighted by Gasteiger charge is -2.35. The molecule has 3 aromatic rings. The summed E-state index contributed by atoms with van der Waals surface area (Å²) in [6, 6.07) is 9.79. The van der Waals surface area contributed by atoms with Crippen LogP contribution in [0.15, 0.2) is 46.2 Å². The van der Waals surface area contributed by atoms with Gasteiger partial charge in [-0.05, 0) is 32.3 Å². The monoisotopic (exact) mass is 465 g/mol. The molecule has 1 aromatic carbocycles. The Labute approximate surface area is 197 Å². The maximum Gasteiger partial charge on any atom is 0.333 e. The summed E-state index contributed by atoms with van der Waals surface area (Å²) in [5, 5.41) is 0. The summed E-state index contributed by atoms with van der Waals surface area (Å²) in [4.78, 5) is 46.6. The number of fused-ring (bicyclic) bond motifs is 1. The molecule has 0 N–H and O–H groups in total. The fourth-order valence-corrected chi connectivity index (χ4v) is 5.33. The van der Waals surface area contributed by atoms with Gasteiger partial charge in [-0.3, -0.25) is 14.2 Å². The molecule has 3 heterocycles. The van der Waals surface area contributed by atoms with Crippen LogP contribution in [0.1, 0.15) is 51.1 Å². The zero-order chi connectivity index (χ0) is 23.8. The number of ether oxygens (including phenoxy) is 1. The second kappa shape index (κ2) is 9.21. The normalized spacial score (nSPS) is 21.4. The van der Waals surface area contributed by atoms with Crippen molar-refractivity contribution in [3.8, 4) is 0 Å². The molecule has 1 saturated heterocycles. The van der Waals surface area contributed by atoms with Gasteiger partial charge in [0.2, 0.25) is 5.91 Å². The second-order valence-corrected chi connectivity index (χ2v) is 9.56. The van der Waals surface area contributed by atoms with Crippen LogP contribution in [0, 0.1) is 0 Å². The van der Waals surface area contributed by atoms with Gasteiger partial charge in [0.25, 0.3) is 5.56 Å². The van der Waals surface area contributed by atoms with E-state index in [2.05, 4.69) is 4.98 Å². The van der Waals surface area contributed by atoms with Crippen LogP contribution in [0.4, 0.5) is 0 Å². The standard InChI is InChI=1S/C25H31N5O4/c1-17-12-27(13-18(2)34-17)21(31)15-29-24(32)22-23(26-16-30(22)20-10-6-7-11-20)28(25(29)33)14-19-8-4-3-5-9-19/h3-5,8-9,16-18,20H,6-7,10-15H2,1-2H3. The van der Waals surface area contributed by atoms with E-state index in [1.54, 1.807) is 11.2 Å². The lowest BCUT2D eigenvalue weighted by atomic mass is 10.2. The van der Waals surface area contributed by atoms with Crippen molar-refractivity contribution in [2.75, 3.05) is 13.1 Å². The average molecular weight is 466 g/mol. The maximum absolute atomic E-state index is 13.6. The van der Waals surface area contributed by atoms with Gasteiger partial charge in [0, 0.05) is 19.1 Å². The number of aromatic nitrogens is 4. The number of morpholine rings is 1. The number of hydrogen-bond donors (Lipinski definition) is 0. The number of imidazole rings is 1. The summed E-state index contributed by atoms with van der Waals surface area (Å²) in [5.74, 6) is -0.251. The van der Waals surface area contributed by atoms with Crippen molar-refractivity contribution in [1.82, 2.24) is 23.6 Å². The number of hydrogen-bond acceptors (Lipinski definition) is 5. The lowest BCUT2D eigenvalue weighted by Crippen LogP contribution is -2.51. The van der Waals surface area contributed by atoms with E-state index < -0.39 is 11.2 Å². The zero-order valence-corrected chi connectivity index (χ0v) is 19.7. The highest BCUT2D eigenvalue weighted by Crippen LogP contribution is 2.31. The van der Waals surface area contributed by atoms with E-state index in [9.17, 15) is 14.4 Å². The number of amides is 1. The molecule has 34 heavy (non-hydrogen) atoms. The second-order valence-electron chi connectivity index (χ2n) is 9.56. The van der Waals surface area contributed by atoms with Gasteiger partial charge in [0.05, 0.1) is 25.1 Å². The lowest BCUT2D eigenvalue weighted by molar-refractivity contribution is -0.143. The number of carbonyl (C=O) groups is 1. The molecule has 1 aliphatic heterocycles. The molecular formula is C25H31N5O4. The molecule has 2 unspecified atom stereocenters. The minimum absolute atomic E-state index is 0.0922. The first-order valence-corrected chi connectivity index (χ1v) is 12.1. The van der Waals surface area contributed by atoms with Gasteiger partial charge in [-0.2, -0.15) is 0 Å². The first kappa shape index (κ1) is 22.6. The molecule has 0 bridgehead atoms. The van der Waals surface area contributed by atoms with Crippen LogP contribution >= 0.6 is 0 Å². The van der Waals surface area contributed by atoms with Gasteiger partial charge in [0.1, 0.15) is 6.54 Å². The Morgan fingerprint density at radius 2 is 1.71 bits per heavy atom. The van der Waals surface area contributed by atoms with Crippen molar-refractivity contribution < 1.29 is 9.53 Å². The summed E-state index contributed by atoms with van der Waals surface area (Å²) in [7, 11) is 0. The molecule has 9 heteroatoms. The summed E-state index contributed by atoms with van der Waals surface area (Å²) >= 11 is 0. The van der Waals surface area contributed by atoms with Crippen molar-refractivity contribution in [1.29, 1.82) is 0 Å². The molecule has 2 atom stereocenters. The van der Waals surface area contributed by atoms with E-state index in [4.69, 9.17) is 4.74 Å². The topological polar surface area (TPSA) is 91.4 Å². The van der Waals surface area contributed by atoms with Crippen LogP contribution in [-0.2, 0) is 22.6 Å². The molecule has 2 aliphatic rings. The van der Waals surface area contributed by atoms with Crippen LogP contribution < -0.4 is 11.2 Å². The molecule has 1 saturated carbocycles. The third-order valence-corrected chi connectivity index (χ3v) is 6.91. The average Bonchev–Trinajstić information content (AvgIpc) is 3.49. The smallest absolute Gasteiger partial charge is 0.333 e. The van der Waals surface area contributed by atoms with Crippen LogP contribution in [0.5, 0.6) is 0 Å². The Kier molecular flexibility index (Phi) is 6.12. The van der Waals surface area contributed by atoms with E-state index >= 15 is 0 Å². The zero-order valence-electron chi connectivity index (χ0n) is 19.7. The van der Waals surface area contributed by atoms with Crippen LogP contribution in [0.25, 0.3) is 11.2 Å². The summed E-state index contributed by atoms with van der Waals surface area (Å²) in [5.41, 5.74) is 0.743. The maximum atomic E-state index is 13.6. The van der Waals surface area contributed by atoms with Gasteiger partial charge in [-0.15, -0.1) is 0 Å². The van der Waals surface area contributed by atoms with Crippen LogP contribution in [0.3, 0.4) is 0 Å². The number of rotatable bonds is 5. The van der Waals surface area contributed by atoms with Gasteiger partial charge >= 0.3 is 5.69 Å². The Bertz CT molecular complexity index is 1290. The molecule has 180 valence electrons. The fourth-order valence-electron chi connectivity index (χ4n) is 5.33. The van der Waals surface area contributed by atoms with Crippen LogP contribution in [-0.4, -0.2) is 54.8 Å². The van der Waals surface area contributed by atoms with Crippen molar-refractivity contribution >= 4 is 17.1 Å². The molecule has 9 nitrogen and oxygen atoms in total. The van der Waals surface area contributed by atoms with Gasteiger partial charge in [-0.25, -0.2) is 14.3 Å². The highest BCUT2D eigenvalue weighted by atomic mass is 16.5. The van der Waals surface area contributed by atoms with Gasteiger partial charge < -0.3 is 14.2 Å². The van der Waals surface area contributed by atoms with Crippen LogP contribution in [0.2, 0.25) is 0 Å². The molecule has 2 fully saturated rings. The minimum atomic E-state index is -0.513. The summed E-state index contributed by atoms with van der Waals surface area (Å²) < 4.78 is 10.3. The quantitative estimate of drug-likeness (QED) is 0.576. The molecule has 0 radical (unpaired) electrons. The Hall–Kier alpha value is -3.20. The summed E-state index contributed by atoms with van der Waals surface area (Å²) in [6.07, 6.45) is 5.66. The van der Waals surface area contributed by atoms with Crippen molar-refractivity contribution in [2.45, 2.75) is 70.9 Å². The first-order chi connectivity index (χ1) is 16.4. The van der Waals surface area contributed by atoms with Gasteiger partial charge in [0.15, 0.2) is 11.2 Å². The molecule has 1 aliphatic carbocycles. The molecular weight excluding hydrogens is 434 g/mol. The van der Waals surface area contributed by atoms with Gasteiger partial charge in [-0.1, -0.05) is 43.2 Å². The van der Waals surface area contributed by atoms with E-state index in [0.29, 0.717) is 24.3 Å². The van der Waals surface area contributed by atoms with Crippen molar-refractivity contribution in [3.63, 3.8) is 0 Å². The number of carbonyl (C=O) groups excluding carboxylic acids is 1. The van der Waals surface area contributed by atoms with E-state index in [-0.39, 0.29) is 37.2 Å². The highest BCUT2D eigenvalue weighted by Gasteiger charge is 2.29. The number of nitrogens with zero attached hydrogens (tertiary/aromatic N) is 5. The van der Waals surface area contributed by atoms with E-state index in [1.807, 2.05) is 48.7 Å². The SMILES string of the molecule is CC1CN(C(=O)Cn2c(=O)c3c(ncn3C3CCCC3)n(Cc3ccccc3)c2=O)CC(C)O1. The largest absolute Gasteiger partial charge is 0.372 e. The molecule has 2 aromatic heterocycles. The molecule has 1 amide bonds. The minimum Gasteiger partial charge on any atom is -0.372 e. The van der Waals surface area contributed by atoms with E-state index in [1.165, 1.54) is 4.57 Å². The molecule has 5 rings (SSSR count). The summed E-state index contributed by atoms with van der Waals surface area (Å²) in [6.45, 7) is 4.70. The highest BCUT2D eigenvalue weighted by molar-refractivity contribution is 5.77. The van der Waals surface area contributed by atoms with E-state index in [0.717, 1.165) is 35.8 Å². The predicted molar refractivity (Wildman–Crippen MR) is 128 cm³/mol. The first-order valence-electron chi connectivity index (χ1n) is 12.1. The third kappa shape index (κ3) is 4.20. The van der Waals surface area contributed by atoms with Crippen molar-refractivity contribution in [2.24, 2.45) is 0 Å². The number of benzene rings is 1. The predicted octanol–water partition coefficient (Wildman–Crippen LogP) is 2.16. The molecule has 0 spiro atoms.